The molecule has 0 aliphatic carbocycles. The van der Waals surface area contributed by atoms with Crippen LogP contribution in [0.5, 0.6) is 0 Å². The van der Waals surface area contributed by atoms with Crippen LogP contribution in [0.2, 0.25) is 0 Å². The standard InChI is InChI=1S/C17H18N2O2S3/c1-12-3-6-14(7-4-12)9-15-10-18-16(23-15)11-19-24(20,21)17-8-5-13(2)22-17/h3-8,10,19H,9,11H2,1-2H3. The summed E-state index contributed by atoms with van der Waals surface area (Å²) >= 11 is 2.81. The zero-order chi connectivity index (χ0) is 17.2. The number of hydrogen-bond donors (Lipinski definition) is 1. The van der Waals surface area contributed by atoms with Crippen molar-refractivity contribution in [3.05, 3.63) is 68.5 Å². The Morgan fingerprint density at radius 3 is 2.46 bits per heavy atom. The SMILES string of the molecule is Cc1ccc(Cc2cnc(CNS(=O)(=O)c3ccc(C)s3)s2)cc1. The fourth-order valence-electron chi connectivity index (χ4n) is 2.20. The molecule has 1 N–H and O–H groups in total. The Morgan fingerprint density at radius 2 is 1.79 bits per heavy atom. The van der Waals surface area contributed by atoms with E-state index in [-0.39, 0.29) is 6.54 Å². The summed E-state index contributed by atoms with van der Waals surface area (Å²) in [6.45, 7) is 4.18. The second-order valence-corrected chi connectivity index (χ2v) is 10.1. The Labute approximate surface area is 150 Å². The molecule has 7 heteroatoms. The molecule has 0 aliphatic rings. The average molecular weight is 379 g/mol. The molecule has 0 amide bonds. The highest BCUT2D eigenvalue weighted by atomic mass is 32.2. The van der Waals surface area contributed by atoms with Gasteiger partial charge in [-0.25, -0.2) is 18.1 Å². The molecular formula is C17H18N2O2S3. The predicted molar refractivity (Wildman–Crippen MR) is 99.2 cm³/mol. The summed E-state index contributed by atoms with van der Waals surface area (Å²) in [5.41, 5.74) is 2.47. The van der Waals surface area contributed by atoms with Crippen molar-refractivity contribution >= 4 is 32.7 Å². The number of nitrogens with zero attached hydrogens (tertiary/aromatic N) is 1. The van der Waals surface area contributed by atoms with Gasteiger partial charge in [-0.15, -0.1) is 22.7 Å². The summed E-state index contributed by atoms with van der Waals surface area (Å²) in [5.74, 6) is 0. The van der Waals surface area contributed by atoms with Crippen molar-refractivity contribution in [3.63, 3.8) is 0 Å². The third-order valence-electron chi connectivity index (χ3n) is 3.49. The highest BCUT2D eigenvalue weighted by Gasteiger charge is 2.16. The third-order valence-corrected chi connectivity index (χ3v) is 7.39. The number of rotatable bonds is 6. The highest BCUT2D eigenvalue weighted by molar-refractivity contribution is 7.91. The largest absolute Gasteiger partial charge is 0.250 e. The van der Waals surface area contributed by atoms with Gasteiger partial charge >= 0.3 is 0 Å². The molecule has 0 unspecified atom stereocenters. The summed E-state index contributed by atoms with van der Waals surface area (Å²) in [5, 5.41) is 0.772. The number of hydrogen-bond acceptors (Lipinski definition) is 5. The molecule has 0 radical (unpaired) electrons. The normalized spacial score (nSPS) is 11.8. The lowest BCUT2D eigenvalue weighted by molar-refractivity contribution is 0.583. The first-order chi connectivity index (χ1) is 11.4. The summed E-state index contributed by atoms with van der Waals surface area (Å²) in [4.78, 5) is 6.43. The Bertz CT molecular complexity index is 925. The summed E-state index contributed by atoms with van der Waals surface area (Å²) in [6, 6.07) is 11.8. The first-order valence-corrected chi connectivity index (χ1v) is 10.6. The third kappa shape index (κ3) is 4.30. The second kappa shape index (κ2) is 7.14. The first kappa shape index (κ1) is 17.3. The van der Waals surface area contributed by atoms with Crippen LogP contribution in [0.15, 0.2) is 46.8 Å². The van der Waals surface area contributed by atoms with Gasteiger partial charge in [0, 0.05) is 22.4 Å². The maximum absolute atomic E-state index is 12.2. The lowest BCUT2D eigenvalue weighted by atomic mass is 10.1. The fraction of sp³-hybridized carbons (Fsp3) is 0.235. The van der Waals surface area contributed by atoms with Crippen molar-refractivity contribution in [2.45, 2.75) is 31.0 Å². The molecule has 0 aliphatic heterocycles. The van der Waals surface area contributed by atoms with E-state index in [4.69, 9.17) is 0 Å². The van der Waals surface area contributed by atoms with Crippen LogP contribution in [-0.4, -0.2) is 13.4 Å². The summed E-state index contributed by atoms with van der Waals surface area (Å²) < 4.78 is 27.4. The molecule has 2 aromatic heterocycles. The molecule has 0 atom stereocenters. The molecule has 126 valence electrons. The van der Waals surface area contributed by atoms with Crippen LogP contribution in [0, 0.1) is 13.8 Å². The number of aromatic nitrogens is 1. The molecule has 2 heterocycles. The van der Waals surface area contributed by atoms with E-state index in [1.54, 1.807) is 6.07 Å². The molecule has 0 spiro atoms. The molecule has 4 nitrogen and oxygen atoms in total. The van der Waals surface area contributed by atoms with Gasteiger partial charge < -0.3 is 0 Å². The topological polar surface area (TPSA) is 59.1 Å². The van der Waals surface area contributed by atoms with E-state index < -0.39 is 10.0 Å². The van der Waals surface area contributed by atoms with Crippen molar-refractivity contribution in [1.29, 1.82) is 0 Å². The maximum Gasteiger partial charge on any atom is 0.250 e. The number of nitrogens with one attached hydrogen (secondary N) is 1. The van der Waals surface area contributed by atoms with Gasteiger partial charge in [0.05, 0.1) is 6.54 Å². The number of benzene rings is 1. The van der Waals surface area contributed by atoms with E-state index in [1.807, 2.05) is 19.2 Å². The summed E-state index contributed by atoms with van der Waals surface area (Å²) in [7, 11) is -3.46. The van der Waals surface area contributed by atoms with E-state index in [1.165, 1.54) is 33.8 Å². The predicted octanol–water partition coefficient (Wildman–Crippen LogP) is 3.89. The minimum Gasteiger partial charge on any atom is -0.248 e. The molecule has 3 aromatic rings. The Hall–Kier alpha value is -1.54. The van der Waals surface area contributed by atoms with Gasteiger partial charge in [-0.05, 0) is 31.5 Å². The fourth-order valence-corrected chi connectivity index (χ4v) is 5.51. The van der Waals surface area contributed by atoms with Crippen LogP contribution in [0.3, 0.4) is 0 Å². The van der Waals surface area contributed by atoms with Crippen LogP contribution in [0.25, 0.3) is 0 Å². The number of thiophene rings is 1. The lowest BCUT2D eigenvalue weighted by Crippen LogP contribution is -2.22. The highest BCUT2D eigenvalue weighted by Crippen LogP contribution is 2.22. The molecule has 0 bridgehead atoms. The van der Waals surface area contributed by atoms with Gasteiger partial charge in [0.2, 0.25) is 10.0 Å². The lowest BCUT2D eigenvalue weighted by Gasteiger charge is -2.02. The second-order valence-electron chi connectivity index (χ2n) is 5.57. The van der Waals surface area contributed by atoms with Crippen molar-refractivity contribution in [2.24, 2.45) is 0 Å². The van der Waals surface area contributed by atoms with Crippen molar-refractivity contribution in [2.75, 3.05) is 0 Å². The first-order valence-electron chi connectivity index (χ1n) is 7.47. The minimum atomic E-state index is -3.46. The van der Waals surface area contributed by atoms with Gasteiger partial charge in [-0.2, -0.15) is 0 Å². The molecular weight excluding hydrogens is 360 g/mol. The van der Waals surface area contributed by atoms with E-state index in [0.29, 0.717) is 4.21 Å². The van der Waals surface area contributed by atoms with Gasteiger partial charge in [0.1, 0.15) is 9.22 Å². The van der Waals surface area contributed by atoms with Crippen LogP contribution in [0.1, 0.15) is 25.9 Å². The smallest absolute Gasteiger partial charge is 0.248 e. The molecule has 0 fully saturated rings. The maximum atomic E-state index is 12.2. The summed E-state index contributed by atoms with van der Waals surface area (Å²) in [6.07, 6.45) is 2.64. The van der Waals surface area contributed by atoms with Crippen molar-refractivity contribution < 1.29 is 8.42 Å². The molecule has 0 saturated carbocycles. The monoisotopic (exact) mass is 378 g/mol. The van der Waals surface area contributed by atoms with Crippen molar-refractivity contribution in [1.82, 2.24) is 9.71 Å². The van der Waals surface area contributed by atoms with E-state index in [9.17, 15) is 8.42 Å². The number of thiazole rings is 1. The van der Waals surface area contributed by atoms with Gasteiger partial charge in [-0.3, -0.25) is 0 Å². The minimum absolute atomic E-state index is 0.220. The molecule has 24 heavy (non-hydrogen) atoms. The van der Waals surface area contributed by atoms with Gasteiger partial charge in [-0.1, -0.05) is 29.8 Å². The quantitative estimate of drug-likeness (QED) is 0.708. The molecule has 1 aromatic carbocycles. The van der Waals surface area contributed by atoms with Crippen LogP contribution in [-0.2, 0) is 23.0 Å². The van der Waals surface area contributed by atoms with Crippen LogP contribution < -0.4 is 4.72 Å². The Balaban J connectivity index is 1.63. The number of sulfonamides is 1. The number of aryl methyl sites for hydroxylation is 2. The Kier molecular flexibility index (Phi) is 5.15. The van der Waals surface area contributed by atoms with Gasteiger partial charge in [0.15, 0.2) is 0 Å². The van der Waals surface area contributed by atoms with Gasteiger partial charge in [0.25, 0.3) is 0 Å². The van der Waals surface area contributed by atoms with Crippen LogP contribution >= 0.6 is 22.7 Å². The van der Waals surface area contributed by atoms with E-state index in [2.05, 4.69) is 40.9 Å². The molecule has 3 rings (SSSR count). The molecule has 0 saturated heterocycles. The average Bonchev–Trinajstić information content (AvgIpc) is 3.17. The van der Waals surface area contributed by atoms with Crippen LogP contribution in [0.4, 0.5) is 0 Å². The zero-order valence-corrected chi connectivity index (χ0v) is 15.9. The Morgan fingerprint density at radius 1 is 1.04 bits per heavy atom. The van der Waals surface area contributed by atoms with E-state index >= 15 is 0 Å². The van der Waals surface area contributed by atoms with E-state index in [0.717, 1.165) is 21.2 Å². The zero-order valence-electron chi connectivity index (χ0n) is 13.4. The van der Waals surface area contributed by atoms with Crippen molar-refractivity contribution in [3.8, 4) is 0 Å².